The van der Waals surface area contributed by atoms with Crippen molar-refractivity contribution in [3.63, 3.8) is 0 Å². The van der Waals surface area contributed by atoms with Gasteiger partial charge in [-0.1, -0.05) is 12.1 Å². The van der Waals surface area contributed by atoms with Gasteiger partial charge in [0.05, 0.1) is 23.1 Å². The lowest BCUT2D eigenvalue weighted by molar-refractivity contribution is -0.132. The molecule has 0 atom stereocenters. The molecule has 5 heteroatoms. The van der Waals surface area contributed by atoms with Crippen LogP contribution in [-0.4, -0.2) is 39.6 Å². The zero-order valence-electron chi connectivity index (χ0n) is 14.8. The maximum Gasteiger partial charge on any atom is 0.262 e. The monoisotopic (exact) mass is 337 g/mol. The predicted octanol–water partition coefficient (Wildman–Crippen LogP) is 2.66. The zero-order valence-corrected chi connectivity index (χ0v) is 14.8. The number of imide groups is 1. The molecule has 1 fully saturated rings. The number of hydrogen-bond acceptors (Lipinski definition) is 3. The van der Waals surface area contributed by atoms with Crippen molar-refractivity contribution in [2.24, 2.45) is 0 Å². The van der Waals surface area contributed by atoms with Crippen LogP contribution in [0.5, 0.6) is 0 Å². The zero-order chi connectivity index (χ0) is 18.3. The molecule has 1 aliphatic carbocycles. The van der Waals surface area contributed by atoms with Crippen LogP contribution in [0.1, 0.15) is 48.4 Å². The summed E-state index contributed by atoms with van der Waals surface area (Å²) < 4.78 is 0. The normalized spacial score (nSPS) is 18.6. The predicted molar refractivity (Wildman–Crippen MR) is 93.4 cm³/mol. The second-order valence-electron chi connectivity index (χ2n) is 6.72. The van der Waals surface area contributed by atoms with Crippen LogP contribution in [0, 0.1) is 31.2 Å². The van der Waals surface area contributed by atoms with Gasteiger partial charge < -0.3 is 4.90 Å². The summed E-state index contributed by atoms with van der Waals surface area (Å²) in [6.07, 6.45) is 5.01. The largest absolute Gasteiger partial charge is 0.337 e. The van der Waals surface area contributed by atoms with Crippen molar-refractivity contribution in [1.82, 2.24) is 9.80 Å². The molecule has 0 unspecified atom stereocenters. The number of benzene rings is 1. The van der Waals surface area contributed by atoms with Crippen molar-refractivity contribution in [1.29, 1.82) is 0 Å². The summed E-state index contributed by atoms with van der Waals surface area (Å²) in [7, 11) is 0. The van der Waals surface area contributed by atoms with Crippen molar-refractivity contribution in [2.45, 2.75) is 39.8 Å². The second kappa shape index (κ2) is 6.62. The van der Waals surface area contributed by atoms with Gasteiger partial charge in [0.25, 0.3) is 11.8 Å². The second-order valence-corrected chi connectivity index (χ2v) is 6.72. The van der Waals surface area contributed by atoms with E-state index in [1.54, 1.807) is 48.4 Å². The number of fused-ring (bicyclic) bond motifs is 1. The van der Waals surface area contributed by atoms with Crippen LogP contribution in [0.25, 0.3) is 0 Å². The van der Waals surface area contributed by atoms with E-state index in [4.69, 9.17) is 0 Å². The summed E-state index contributed by atoms with van der Waals surface area (Å²) in [4.78, 5) is 41.3. The highest BCUT2D eigenvalue weighted by atomic mass is 16.2. The molecular formula is C20H21N2O3. The first-order chi connectivity index (χ1) is 11.8. The van der Waals surface area contributed by atoms with Gasteiger partial charge in [0.2, 0.25) is 5.91 Å². The molecular weight excluding hydrogens is 316 g/mol. The van der Waals surface area contributed by atoms with Crippen LogP contribution in [0.3, 0.4) is 0 Å². The first-order valence-electron chi connectivity index (χ1n) is 8.40. The molecule has 2 aliphatic rings. The molecule has 0 bridgehead atoms. The van der Waals surface area contributed by atoms with E-state index in [1.165, 1.54) is 0 Å². The van der Waals surface area contributed by atoms with Gasteiger partial charge in [-0.25, -0.2) is 0 Å². The number of carbonyl (C=O) groups is 3. The molecule has 1 aromatic carbocycles. The maximum absolute atomic E-state index is 13.0. The van der Waals surface area contributed by atoms with Gasteiger partial charge >= 0.3 is 0 Å². The van der Waals surface area contributed by atoms with Gasteiger partial charge in [0, 0.05) is 12.1 Å². The molecule has 25 heavy (non-hydrogen) atoms. The Morgan fingerprint density at radius 3 is 1.92 bits per heavy atom. The summed E-state index contributed by atoms with van der Waals surface area (Å²) in [6, 6.07) is 7.09. The fraction of sp³-hybridized carbons (Fsp3) is 0.300. The lowest BCUT2D eigenvalue weighted by atomic mass is 9.98. The Labute approximate surface area is 149 Å². The molecule has 129 valence electrons. The number of rotatable bonds is 4. The smallest absolute Gasteiger partial charge is 0.262 e. The Kier molecular flexibility index (Phi) is 4.67. The standard InChI is InChI=1S/C20H21N2O3/c1-12(2)21(13(3)4)20(25)16-10-7-11-17(16)22-18(23)14-8-5-6-9-15(14)19(22)24/h5-13H,1-4H3. The first kappa shape index (κ1) is 17.6. The minimum Gasteiger partial charge on any atom is -0.337 e. The average molecular weight is 337 g/mol. The molecule has 5 nitrogen and oxygen atoms in total. The summed E-state index contributed by atoms with van der Waals surface area (Å²) in [5, 5.41) is 0. The fourth-order valence-electron chi connectivity index (χ4n) is 3.40. The molecule has 1 aromatic rings. The summed E-state index contributed by atoms with van der Waals surface area (Å²) in [5.41, 5.74) is 0.744. The molecule has 1 aliphatic heterocycles. The Morgan fingerprint density at radius 2 is 1.44 bits per heavy atom. The lowest BCUT2D eigenvalue weighted by Crippen LogP contribution is -2.47. The van der Waals surface area contributed by atoms with E-state index >= 15 is 0 Å². The van der Waals surface area contributed by atoms with E-state index in [1.807, 2.05) is 27.7 Å². The fourth-order valence-corrected chi connectivity index (χ4v) is 3.40. The van der Waals surface area contributed by atoms with E-state index in [0.717, 1.165) is 4.90 Å². The molecule has 1 saturated carbocycles. The molecule has 1 heterocycles. The van der Waals surface area contributed by atoms with E-state index in [-0.39, 0.29) is 29.8 Å². The van der Waals surface area contributed by atoms with Crippen molar-refractivity contribution in [3.05, 3.63) is 66.6 Å². The molecule has 3 amide bonds. The molecule has 0 aromatic heterocycles. The third kappa shape index (κ3) is 2.86. The summed E-state index contributed by atoms with van der Waals surface area (Å²) in [5.74, 6) is -0.582. The highest BCUT2D eigenvalue weighted by Crippen LogP contribution is 2.41. The van der Waals surface area contributed by atoms with Crippen molar-refractivity contribution in [2.75, 3.05) is 0 Å². The summed E-state index contributed by atoms with van der Waals surface area (Å²) in [6.45, 7) is 7.79. The quantitative estimate of drug-likeness (QED) is 0.794. The van der Waals surface area contributed by atoms with Gasteiger partial charge in [0.1, 0.15) is 0 Å². The Hall–Kier alpha value is -2.17. The summed E-state index contributed by atoms with van der Waals surface area (Å²) >= 11 is 0. The highest BCUT2D eigenvalue weighted by molar-refractivity contribution is 6.23. The van der Waals surface area contributed by atoms with Gasteiger partial charge in [0.15, 0.2) is 0 Å². The van der Waals surface area contributed by atoms with Crippen LogP contribution in [0.15, 0.2) is 24.3 Å². The first-order valence-corrected chi connectivity index (χ1v) is 8.40. The average Bonchev–Trinajstić information content (AvgIpc) is 3.11. The van der Waals surface area contributed by atoms with Gasteiger partial charge in [-0.15, -0.1) is 0 Å². The minimum absolute atomic E-state index is 0.0115. The molecule has 5 radical (unpaired) electrons. The van der Waals surface area contributed by atoms with E-state index in [9.17, 15) is 14.4 Å². The van der Waals surface area contributed by atoms with E-state index in [2.05, 4.69) is 0 Å². The minimum atomic E-state index is -0.388. The number of hydrogen-bond donors (Lipinski definition) is 0. The number of amides is 3. The Bertz CT molecular complexity index is 668. The van der Waals surface area contributed by atoms with Gasteiger partial charge in [-0.05, 0) is 59.1 Å². The van der Waals surface area contributed by atoms with E-state index in [0.29, 0.717) is 23.1 Å². The van der Waals surface area contributed by atoms with Crippen LogP contribution >= 0.6 is 0 Å². The Balaban J connectivity index is 1.89. The van der Waals surface area contributed by atoms with Crippen molar-refractivity contribution >= 4 is 17.7 Å². The number of carbonyl (C=O) groups excluding carboxylic acids is 3. The van der Waals surface area contributed by atoms with Crippen molar-refractivity contribution in [3.8, 4) is 0 Å². The van der Waals surface area contributed by atoms with Gasteiger partial charge in [-0.3, -0.25) is 19.3 Å². The van der Waals surface area contributed by atoms with Crippen LogP contribution in [-0.2, 0) is 4.79 Å². The molecule has 0 N–H and O–H groups in total. The molecule has 3 rings (SSSR count). The molecule has 0 saturated heterocycles. The number of nitrogens with zero attached hydrogens (tertiary/aromatic N) is 2. The lowest BCUT2D eigenvalue weighted by Gasteiger charge is -2.35. The van der Waals surface area contributed by atoms with Crippen molar-refractivity contribution < 1.29 is 14.4 Å². The van der Waals surface area contributed by atoms with Crippen LogP contribution in [0.4, 0.5) is 0 Å². The van der Waals surface area contributed by atoms with Crippen LogP contribution < -0.4 is 0 Å². The topological polar surface area (TPSA) is 57.7 Å². The Morgan fingerprint density at radius 1 is 0.920 bits per heavy atom. The highest BCUT2D eigenvalue weighted by Gasteiger charge is 2.49. The van der Waals surface area contributed by atoms with E-state index < -0.39 is 0 Å². The third-order valence-electron chi connectivity index (χ3n) is 4.41. The van der Waals surface area contributed by atoms with Crippen LogP contribution in [0.2, 0.25) is 0 Å². The molecule has 0 spiro atoms. The van der Waals surface area contributed by atoms with Gasteiger partial charge in [-0.2, -0.15) is 0 Å². The SMILES string of the molecule is CC(C)N(C(=O)[C]1[CH][CH][CH][C]1N1C(=O)c2ccccc2C1=O)C(C)C. The maximum atomic E-state index is 13.0. The third-order valence-corrected chi connectivity index (χ3v) is 4.41.